The molecule has 17 heavy (non-hydrogen) atoms. The minimum Gasteiger partial charge on any atom is -0.369 e. The molecule has 2 atom stereocenters. The molecule has 0 radical (unpaired) electrons. The van der Waals surface area contributed by atoms with E-state index in [0.717, 1.165) is 0 Å². The number of anilines is 1. The van der Waals surface area contributed by atoms with Crippen molar-refractivity contribution in [3.05, 3.63) is 29.6 Å². The summed E-state index contributed by atoms with van der Waals surface area (Å²) < 4.78 is 13.6. The van der Waals surface area contributed by atoms with Crippen LogP contribution < -0.4 is 16.4 Å². The number of rotatable bonds is 2. The Morgan fingerprint density at radius 3 is 2.71 bits per heavy atom. The van der Waals surface area contributed by atoms with Gasteiger partial charge in [-0.3, -0.25) is 4.79 Å². The van der Waals surface area contributed by atoms with Crippen molar-refractivity contribution in [1.29, 1.82) is 0 Å². The number of carbonyl (C=O) groups excluding carboxylic acids is 1. The molecule has 2 unspecified atom stereocenters. The maximum Gasteiger partial charge on any atom is 0.253 e. The quantitative estimate of drug-likeness (QED) is 0.795. The number of nitrogens with zero attached hydrogens (tertiary/aromatic N) is 1. The second-order valence-electron chi connectivity index (χ2n) is 4.54. The summed E-state index contributed by atoms with van der Waals surface area (Å²) in [7, 11) is 0. The van der Waals surface area contributed by atoms with Crippen LogP contribution in [-0.2, 0) is 0 Å². The van der Waals surface area contributed by atoms with E-state index in [4.69, 9.17) is 11.5 Å². The molecule has 5 heteroatoms. The number of halogens is 1. The van der Waals surface area contributed by atoms with Gasteiger partial charge in [0.1, 0.15) is 5.82 Å². The Hall–Kier alpha value is -1.62. The fourth-order valence-corrected chi connectivity index (χ4v) is 2.21. The summed E-state index contributed by atoms with van der Waals surface area (Å²) in [5, 5.41) is 0. The summed E-state index contributed by atoms with van der Waals surface area (Å²) >= 11 is 0. The van der Waals surface area contributed by atoms with Crippen LogP contribution in [0, 0.1) is 11.7 Å². The molecule has 4 N–H and O–H groups in total. The summed E-state index contributed by atoms with van der Waals surface area (Å²) in [6, 6.07) is 4.56. The Morgan fingerprint density at radius 1 is 1.47 bits per heavy atom. The molecule has 2 rings (SSSR count). The number of hydrogen-bond acceptors (Lipinski definition) is 3. The summed E-state index contributed by atoms with van der Waals surface area (Å²) in [5.41, 5.74) is 11.6. The Labute approximate surface area is 99.4 Å². The minimum absolute atomic E-state index is 0.0407. The summed E-state index contributed by atoms with van der Waals surface area (Å²) in [6.07, 6.45) is 0. The molecule has 4 nitrogen and oxygen atoms in total. The number of amides is 1. The number of benzene rings is 1. The predicted molar refractivity (Wildman–Crippen MR) is 64.3 cm³/mol. The van der Waals surface area contributed by atoms with Crippen LogP contribution in [0.3, 0.4) is 0 Å². The molecule has 1 fully saturated rings. The smallest absolute Gasteiger partial charge is 0.253 e. The first kappa shape index (κ1) is 11.9. The van der Waals surface area contributed by atoms with Gasteiger partial charge in [-0.05, 0) is 18.1 Å². The van der Waals surface area contributed by atoms with Crippen molar-refractivity contribution in [1.82, 2.24) is 0 Å². The van der Waals surface area contributed by atoms with E-state index in [9.17, 15) is 9.18 Å². The van der Waals surface area contributed by atoms with Crippen LogP contribution in [0.2, 0.25) is 0 Å². The number of primary amides is 1. The Bertz CT molecular complexity index is 439. The molecule has 0 spiro atoms. The van der Waals surface area contributed by atoms with Crippen molar-refractivity contribution < 1.29 is 9.18 Å². The van der Waals surface area contributed by atoms with Crippen molar-refractivity contribution in [2.45, 2.75) is 13.0 Å². The highest BCUT2D eigenvalue weighted by molar-refractivity contribution is 5.99. The van der Waals surface area contributed by atoms with Crippen molar-refractivity contribution in [2.75, 3.05) is 18.0 Å². The van der Waals surface area contributed by atoms with Crippen LogP contribution in [0.15, 0.2) is 18.2 Å². The van der Waals surface area contributed by atoms with Gasteiger partial charge >= 0.3 is 0 Å². The van der Waals surface area contributed by atoms with Crippen LogP contribution in [0.5, 0.6) is 0 Å². The highest BCUT2D eigenvalue weighted by atomic mass is 19.1. The molecule has 1 aromatic carbocycles. The van der Waals surface area contributed by atoms with Crippen molar-refractivity contribution in [3.63, 3.8) is 0 Å². The molecule has 0 bridgehead atoms. The zero-order chi connectivity index (χ0) is 12.6. The second kappa shape index (κ2) is 4.33. The third-order valence-corrected chi connectivity index (χ3v) is 3.25. The van der Waals surface area contributed by atoms with Gasteiger partial charge < -0.3 is 16.4 Å². The van der Waals surface area contributed by atoms with Gasteiger partial charge in [-0.1, -0.05) is 13.0 Å². The fourth-order valence-electron chi connectivity index (χ4n) is 2.21. The molecule has 0 aliphatic carbocycles. The van der Waals surface area contributed by atoms with E-state index in [2.05, 4.69) is 0 Å². The van der Waals surface area contributed by atoms with Crippen LogP contribution in [0.1, 0.15) is 17.3 Å². The normalized spacial score (nSPS) is 24.1. The lowest BCUT2D eigenvalue weighted by atomic mass is 10.1. The highest BCUT2D eigenvalue weighted by Crippen LogP contribution is 2.27. The van der Waals surface area contributed by atoms with Crippen LogP contribution in [0.4, 0.5) is 10.1 Å². The van der Waals surface area contributed by atoms with E-state index in [1.807, 2.05) is 11.8 Å². The molecule has 92 valence electrons. The predicted octanol–water partition coefficient (Wildman–Crippen LogP) is 0.708. The van der Waals surface area contributed by atoms with Crippen LogP contribution in [-0.4, -0.2) is 25.0 Å². The zero-order valence-electron chi connectivity index (χ0n) is 9.69. The second-order valence-corrected chi connectivity index (χ2v) is 4.54. The lowest BCUT2D eigenvalue weighted by Gasteiger charge is -2.20. The first-order valence-electron chi connectivity index (χ1n) is 5.59. The van der Waals surface area contributed by atoms with Gasteiger partial charge in [-0.2, -0.15) is 0 Å². The average molecular weight is 237 g/mol. The summed E-state index contributed by atoms with van der Waals surface area (Å²) in [4.78, 5) is 13.2. The Balaban J connectivity index is 2.39. The number of nitrogens with two attached hydrogens (primary N) is 2. The minimum atomic E-state index is -0.744. The van der Waals surface area contributed by atoms with Crippen molar-refractivity contribution >= 4 is 11.6 Å². The van der Waals surface area contributed by atoms with Gasteiger partial charge in [0.2, 0.25) is 0 Å². The topological polar surface area (TPSA) is 72.3 Å². The molecular weight excluding hydrogens is 221 g/mol. The van der Waals surface area contributed by atoms with Gasteiger partial charge in [0.15, 0.2) is 0 Å². The van der Waals surface area contributed by atoms with Gasteiger partial charge in [0.05, 0.1) is 11.3 Å². The van der Waals surface area contributed by atoms with E-state index in [1.54, 1.807) is 12.1 Å². The highest BCUT2D eigenvalue weighted by Gasteiger charge is 2.29. The lowest BCUT2D eigenvalue weighted by Crippen LogP contribution is -2.29. The molecule has 0 saturated carbocycles. The summed E-state index contributed by atoms with van der Waals surface area (Å²) in [5.74, 6) is -1.01. The molecule has 1 amide bonds. The van der Waals surface area contributed by atoms with Gasteiger partial charge in [0, 0.05) is 19.1 Å². The molecular formula is C12H16FN3O. The fraction of sp³-hybridized carbons (Fsp3) is 0.417. The number of hydrogen-bond donors (Lipinski definition) is 2. The molecule has 0 aromatic heterocycles. The maximum atomic E-state index is 13.6. The van der Waals surface area contributed by atoms with E-state index in [1.165, 1.54) is 6.07 Å². The van der Waals surface area contributed by atoms with E-state index in [0.29, 0.717) is 24.7 Å². The molecule has 1 heterocycles. The maximum absolute atomic E-state index is 13.6. The third kappa shape index (κ3) is 2.10. The van der Waals surface area contributed by atoms with E-state index >= 15 is 0 Å². The lowest BCUT2D eigenvalue weighted by molar-refractivity contribution is 0.0997. The Kier molecular flexibility index (Phi) is 3.02. The van der Waals surface area contributed by atoms with Crippen molar-refractivity contribution in [3.8, 4) is 0 Å². The van der Waals surface area contributed by atoms with Gasteiger partial charge in [-0.15, -0.1) is 0 Å². The molecule has 1 aliphatic rings. The molecule has 1 aliphatic heterocycles. The standard InChI is InChI=1S/C12H16FN3O/c1-7-5-16(6-9(7)14)10-4-2-3-8(13)11(10)12(15)17/h2-4,7,9H,5-6,14H2,1H3,(H2,15,17). The van der Waals surface area contributed by atoms with Crippen molar-refractivity contribution in [2.24, 2.45) is 17.4 Å². The van der Waals surface area contributed by atoms with Crippen LogP contribution >= 0.6 is 0 Å². The largest absolute Gasteiger partial charge is 0.369 e. The molecule has 1 aromatic rings. The Morgan fingerprint density at radius 2 is 2.18 bits per heavy atom. The first-order chi connectivity index (χ1) is 8.00. The monoisotopic (exact) mass is 237 g/mol. The van der Waals surface area contributed by atoms with Gasteiger partial charge in [-0.25, -0.2) is 4.39 Å². The third-order valence-electron chi connectivity index (χ3n) is 3.25. The number of carbonyl (C=O) groups is 1. The SMILES string of the molecule is CC1CN(c2cccc(F)c2C(N)=O)CC1N. The zero-order valence-corrected chi connectivity index (χ0v) is 9.69. The van der Waals surface area contributed by atoms with E-state index < -0.39 is 11.7 Å². The summed E-state index contributed by atoms with van der Waals surface area (Å²) in [6.45, 7) is 3.36. The first-order valence-corrected chi connectivity index (χ1v) is 5.59. The average Bonchev–Trinajstić information content (AvgIpc) is 2.58. The van der Waals surface area contributed by atoms with Gasteiger partial charge in [0.25, 0.3) is 5.91 Å². The van der Waals surface area contributed by atoms with Crippen LogP contribution in [0.25, 0.3) is 0 Å². The molecule has 1 saturated heterocycles. The van der Waals surface area contributed by atoms with E-state index in [-0.39, 0.29) is 11.6 Å².